The molecule has 1 atom stereocenters. The number of carbonyl (C=O) groups excluding carboxylic acids is 2. The highest BCUT2D eigenvalue weighted by Crippen LogP contribution is 2.41. The van der Waals surface area contributed by atoms with Crippen molar-refractivity contribution in [1.82, 2.24) is 10.2 Å². The van der Waals surface area contributed by atoms with Crippen LogP contribution in [0.5, 0.6) is 0 Å². The van der Waals surface area contributed by atoms with Crippen molar-refractivity contribution >= 4 is 11.8 Å². The van der Waals surface area contributed by atoms with Gasteiger partial charge in [0.25, 0.3) is 0 Å². The molecule has 2 fully saturated rings. The van der Waals surface area contributed by atoms with Gasteiger partial charge >= 0.3 is 0 Å². The molecule has 2 amide bonds. The van der Waals surface area contributed by atoms with Crippen molar-refractivity contribution in [2.24, 2.45) is 5.41 Å². The maximum atomic E-state index is 12.6. The summed E-state index contributed by atoms with van der Waals surface area (Å²) >= 11 is 0. The number of rotatable bonds is 5. The van der Waals surface area contributed by atoms with E-state index in [1.807, 2.05) is 4.90 Å². The minimum Gasteiger partial charge on any atom is -0.344 e. The molecule has 1 saturated carbocycles. The molecule has 1 unspecified atom stereocenters. The Kier molecular flexibility index (Phi) is 5.06. The van der Waals surface area contributed by atoms with Gasteiger partial charge in [0.2, 0.25) is 11.8 Å². The highest BCUT2D eigenvalue weighted by Gasteiger charge is 2.37. The minimum absolute atomic E-state index is 0.0243. The molecule has 114 valence electrons. The second kappa shape index (κ2) is 6.59. The van der Waals surface area contributed by atoms with Crippen LogP contribution in [0.15, 0.2) is 0 Å². The molecular weight excluding hydrogens is 252 g/mol. The van der Waals surface area contributed by atoms with Crippen LogP contribution in [0.3, 0.4) is 0 Å². The summed E-state index contributed by atoms with van der Waals surface area (Å²) in [5.74, 6) is 0.161. The molecular formula is C16H28N2O2. The summed E-state index contributed by atoms with van der Waals surface area (Å²) in [5.41, 5.74) is 0.305. The number of carbonyl (C=O) groups is 2. The monoisotopic (exact) mass is 280 g/mol. The molecule has 1 heterocycles. The lowest BCUT2D eigenvalue weighted by Crippen LogP contribution is -2.47. The summed E-state index contributed by atoms with van der Waals surface area (Å²) < 4.78 is 0. The van der Waals surface area contributed by atoms with Crippen molar-refractivity contribution in [3.8, 4) is 0 Å². The van der Waals surface area contributed by atoms with Gasteiger partial charge in [-0.05, 0) is 31.1 Å². The lowest BCUT2D eigenvalue weighted by molar-refractivity contribution is -0.135. The fourth-order valence-corrected chi connectivity index (χ4v) is 3.69. The highest BCUT2D eigenvalue weighted by atomic mass is 16.2. The quantitative estimate of drug-likeness (QED) is 0.841. The van der Waals surface area contributed by atoms with Crippen LogP contribution in [0.4, 0.5) is 0 Å². The van der Waals surface area contributed by atoms with Gasteiger partial charge < -0.3 is 10.2 Å². The van der Waals surface area contributed by atoms with Crippen molar-refractivity contribution < 1.29 is 9.59 Å². The van der Waals surface area contributed by atoms with Gasteiger partial charge in [0.05, 0.1) is 0 Å². The van der Waals surface area contributed by atoms with Crippen LogP contribution in [-0.2, 0) is 9.59 Å². The summed E-state index contributed by atoms with van der Waals surface area (Å²) in [6, 6.07) is -0.301. The van der Waals surface area contributed by atoms with E-state index < -0.39 is 0 Å². The normalized spacial score (nSPS) is 26.5. The van der Waals surface area contributed by atoms with Crippen LogP contribution >= 0.6 is 0 Å². The van der Waals surface area contributed by atoms with Gasteiger partial charge in [-0.15, -0.1) is 0 Å². The summed E-state index contributed by atoms with van der Waals surface area (Å²) in [6.07, 6.45) is 8.28. The molecule has 1 aliphatic carbocycles. The van der Waals surface area contributed by atoms with Crippen LogP contribution in [0.1, 0.15) is 65.2 Å². The van der Waals surface area contributed by atoms with Gasteiger partial charge in [-0.25, -0.2) is 0 Å². The fraction of sp³-hybridized carbons (Fsp3) is 0.875. The van der Waals surface area contributed by atoms with E-state index in [1.54, 1.807) is 0 Å². The van der Waals surface area contributed by atoms with Crippen molar-refractivity contribution in [2.75, 3.05) is 13.1 Å². The lowest BCUT2D eigenvalue weighted by Gasteiger charge is -2.35. The van der Waals surface area contributed by atoms with Crippen molar-refractivity contribution in [1.29, 1.82) is 0 Å². The maximum Gasteiger partial charge on any atom is 0.245 e. The predicted molar refractivity (Wildman–Crippen MR) is 79.2 cm³/mol. The Balaban J connectivity index is 2.08. The Labute approximate surface area is 122 Å². The number of hydrogen-bond donors (Lipinski definition) is 1. The number of hydrogen-bond acceptors (Lipinski definition) is 2. The third kappa shape index (κ3) is 3.33. The van der Waals surface area contributed by atoms with E-state index in [2.05, 4.69) is 19.2 Å². The molecule has 20 heavy (non-hydrogen) atoms. The summed E-state index contributed by atoms with van der Waals surface area (Å²) in [7, 11) is 0. The van der Waals surface area contributed by atoms with E-state index in [-0.39, 0.29) is 17.9 Å². The van der Waals surface area contributed by atoms with Crippen molar-refractivity contribution in [3.63, 3.8) is 0 Å². The van der Waals surface area contributed by atoms with Gasteiger partial charge in [0.1, 0.15) is 6.04 Å². The Hall–Kier alpha value is -1.06. The molecule has 2 rings (SSSR count). The third-order valence-electron chi connectivity index (χ3n) is 5.07. The van der Waals surface area contributed by atoms with Crippen LogP contribution in [0.2, 0.25) is 0 Å². The molecule has 0 radical (unpaired) electrons. The second-order valence-electron chi connectivity index (χ2n) is 6.48. The van der Waals surface area contributed by atoms with E-state index in [9.17, 15) is 9.59 Å². The Morgan fingerprint density at radius 3 is 2.55 bits per heavy atom. The molecule has 0 bridgehead atoms. The van der Waals surface area contributed by atoms with E-state index in [0.717, 1.165) is 25.8 Å². The SMILES string of the molecule is CCCC1NC(=O)CCN(CC2(CC)CCCC2)C1=O. The summed E-state index contributed by atoms with van der Waals surface area (Å²) in [4.78, 5) is 26.4. The minimum atomic E-state index is -0.301. The molecule has 1 aliphatic heterocycles. The van der Waals surface area contributed by atoms with Crippen molar-refractivity contribution in [2.45, 2.75) is 71.3 Å². The summed E-state index contributed by atoms with van der Waals surface area (Å²) in [5, 5.41) is 2.88. The number of nitrogens with one attached hydrogen (secondary N) is 1. The zero-order chi connectivity index (χ0) is 14.6. The first-order valence-electron chi connectivity index (χ1n) is 8.18. The van der Waals surface area contributed by atoms with E-state index in [4.69, 9.17) is 0 Å². The molecule has 4 heteroatoms. The smallest absolute Gasteiger partial charge is 0.245 e. The van der Waals surface area contributed by atoms with E-state index in [1.165, 1.54) is 25.7 Å². The molecule has 1 saturated heterocycles. The molecule has 2 aliphatic rings. The number of nitrogens with zero attached hydrogens (tertiary/aromatic N) is 1. The largest absolute Gasteiger partial charge is 0.344 e. The van der Waals surface area contributed by atoms with E-state index in [0.29, 0.717) is 18.4 Å². The fourth-order valence-electron chi connectivity index (χ4n) is 3.69. The molecule has 0 aromatic heterocycles. The zero-order valence-electron chi connectivity index (χ0n) is 12.9. The average Bonchev–Trinajstić information content (AvgIpc) is 2.86. The average molecular weight is 280 g/mol. The second-order valence-corrected chi connectivity index (χ2v) is 6.48. The first kappa shape index (κ1) is 15.3. The molecule has 0 aromatic rings. The van der Waals surface area contributed by atoms with Gasteiger partial charge in [-0.3, -0.25) is 9.59 Å². The van der Waals surface area contributed by atoms with Gasteiger partial charge in [0.15, 0.2) is 0 Å². The van der Waals surface area contributed by atoms with Gasteiger partial charge in [-0.2, -0.15) is 0 Å². The maximum absolute atomic E-state index is 12.6. The van der Waals surface area contributed by atoms with Crippen LogP contribution in [0, 0.1) is 5.41 Å². The van der Waals surface area contributed by atoms with Crippen molar-refractivity contribution in [3.05, 3.63) is 0 Å². The Bertz CT molecular complexity index is 361. The predicted octanol–water partition coefficient (Wildman–Crippen LogP) is 2.47. The van der Waals surface area contributed by atoms with Gasteiger partial charge in [0, 0.05) is 19.5 Å². The standard InChI is InChI=1S/C16H28N2O2/c1-3-7-13-15(20)18(11-8-14(19)17-13)12-16(4-2)9-5-6-10-16/h13H,3-12H2,1-2H3,(H,17,19). The van der Waals surface area contributed by atoms with Crippen LogP contribution in [0.25, 0.3) is 0 Å². The lowest BCUT2D eigenvalue weighted by atomic mass is 9.82. The molecule has 0 spiro atoms. The molecule has 4 nitrogen and oxygen atoms in total. The first-order valence-corrected chi connectivity index (χ1v) is 8.18. The third-order valence-corrected chi connectivity index (χ3v) is 5.07. The Morgan fingerprint density at radius 2 is 1.95 bits per heavy atom. The Morgan fingerprint density at radius 1 is 1.25 bits per heavy atom. The number of amides is 2. The molecule has 1 N–H and O–H groups in total. The molecule has 0 aromatic carbocycles. The highest BCUT2D eigenvalue weighted by molar-refractivity contribution is 5.89. The van der Waals surface area contributed by atoms with Gasteiger partial charge in [-0.1, -0.05) is 33.1 Å². The topological polar surface area (TPSA) is 49.4 Å². The summed E-state index contributed by atoms with van der Waals surface area (Å²) in [6.45, 7) is 5.73. The van der Waals surface area contributed by atoms with Crippen LogP contribution < -0.4 is 5.32 Å². The zero-order valence-corrected chi connectivity index (χ0v) is 12.9. The first-order chi connectivity index (χ1) is 9.60. The van der Waals surface area contributed by atoms with E-state index >= 15 is 0 Å². The van der Waals surface area contributed by atoms with Crippen LogP contribution in [-0.4, -0.2) is 35.8 Å².